The van der Waals surface area contributed by atoms with E-state index in [-0.39, 0.29) is 6.61 Å². The summed E-state index contributed by atoms with van der Waals surface area (Å²) in [6.45, 7) is 2.03. The minimum Gasteiger partial charge on any atom is -0.392 e. The highest BCUT2D eigenvalue weighted by molar-refractivity contribution is 7.99. The average Bonchev–Trinajstić information content (AvgIpc) is 2.33. The third-order valence-electron chi connectivity index (χ3n) is 2.13. The summed E-state index contributed by atoms with van der Waals surface area (Å²) in [4.78, 5) is 9.41. The molecule has 0 bridgehead atoms. The molecule has 16 heavy (non-hydrogen) atoms. The van der Waals surface area contributed by atoms with Gasteiger partial charge in [0.2, 0.25) is 0 Å². The van der Waals surface area contributed by atoms with Crippen LogP contribution in [0.1, 0.15) is 11.1 Å². The van der Waals surface area contributed by atoms with Crippen molar-refractivity contribution < 1.29 is 5.11 Å². The highest BCUT2D eigenvalue weighted by atomic mass is 32.2. The predicted molar refractivity (Wildman–Crippen MR) is 63.3 cm³/mol. The van der Waals surface area contributed by atoms with E-state index in [1.54, 1.807) is 30.4 Å². The van der Waals surface area contributed by atoms with Crippen molar-refractivity contribution in [2.75, 3.05) is 0 Å². The largest absolute Gasteiger partial charge is 0.392 e. The van der Waals surface area contributed by atoms with Crippen molar-refractivity contribution in [3.8, 4) is 0 Å². The van der Waals surface area contributed by atoms with Crippen LogP contribution >= 0.6 is 11.8 Å². The van der Waals surface area contributed by atoms with Crippen LogP contribution in [0.2, 0.25) is 0 Å². The summed E-state index contributed by atoms with van der Waals surface area (Å²) in [6, 6.07) is 5.86. The molecule has 2 heterocycles. The Morgan fingerprint density at radius 2 is 2.06 bits per heavy atom. The minimum atomic E-state index is 0.0358. The SMILES string of the molecule is Cc1cc(CO)cnc1Sc1ccncc1. The molecule has 0 atom stereocenters. The van der Waals surface area contributed by atoms with Gasteiger partial charge < -0.3 is 5.11 Å². The molecule has 2 aromatic rings. The van der Waals surface area contributed by atoms with Crippen molar-refractivity contribution in [2.24, 2.45) is 0 Å². The van der Waals surface area contributed by atoms with Crippen molar-refractivity contribution in [1.29, 1.82) is 0 Å². The fraction of sp³-hybridized carbons (Fsp3) is 0.167. The second kappa shape index (κ2) is 5.09. The lowest BCUT2D eigenvalue weighted by Gasteiger charge is -2.05. The summed E-state index contributed by atoms with van der Waals surface area (Å²) in [6.07, 6.45) is 5.23. The van der Waals surface area contributed by atoms with Crippen LogP contribution in [0.4, 0.5) is 0 Å². The maximum absolute atomic E-state index is 8.99. The van der Waals surface area contributed by atoms with Gasteiger partial charge in [0.1, 0.15) is 5.03 Å². The average molecular weight is 232 g/mol. The Morgan fingerprint density at radius 3 is 2.69 bits per heavy atom. The Hall–Kier alpha value is -1.39. The molecular formula is C12H12N2OS. The van der Waals surface area contributed by atoms with E-state index in [1.165, 1.54) is 0 Å². The third kappa shape index (κ3) is 2.59. The van der Waals surface area contributed by atoms with Crippen LogP contribution in [-0.4, -0.2) is 15.1 Å². The number of hydrogen-bond donors (Lipinski definition) is 1. The van der Waals surface area contributed by atoms with Gasteiger partial charge >= 0.3 is 0 Å². The molecule has 0 radical (unpaired) electrons. The molecule has 0 aliphatic heterocycles. The zero-order chi connectivity index (χ0) is 11.4. The van der Waals surface area contributed by atoms with Gasteiger partial charge in [-0.05, 0) is 36.2 Å². The summed E-state index contributed by atoms with van der Waals surface area (Å²) < 4.78 is 0. The Balaban J connectivity index is 2.22. The van der Waals surface area contributed by atoms with Gasteiger partial charge in [-0.25, -0.2) is 4.98 Å². The molecule has 0 fully saturated rings. The van der Waals surface area contributed by atoms with Gasteiger partial charge in [0.15, 0.2) is 0 Å². The van der Waals surface area contributed by atoms with E-state index in [9.17, 15) is 0 Å². The Bertz CT molecular complexity index is 474. The van der Waals surface area contributed by atoms with E-state index in [0.717, 1.165) is 21.0 Å². The molecule has 1 N–H and O–H groups in total. The van der Waals surface area contributed by atoms with Crippen molar-refractivity contribution in [3.05, 3.63) is 47.9 Å². The zero-order valence-corrected chi connectivity index (χ0v) is 9.74. The molecule has 0 spiro atoms. The van der Waals surface area contributed by atoms with Crippen molar-refractivity contribution in [2.45, 2.75) is 23.5 Å². The second-order valence-corrected chi connectivity index (χ2v) is 4.47. The maximum Gasteiger partial charge on any atom is 0.104 e. The van der Waals surface area contributed by atoms with E-state index in [0.29, 0.717) is 0 Å². The Morgan fingerprint density at radius 1 is 1.31 bits per heavy atom. The molecule has 2 rings (SSSR count). The lowest BCUT2D eigenvalue weighted by molar-refractivity contribution is 0.281. The number of pyridine rings is 2. The number of aryl methyl sites for hydroxylation is 1. The maximum atomic E-state index is 8.99. The second-order valence-electron chi connectivity index (χ2n) is 3.41. The van der Waals surface area contributed by atoms with Crippen molar-refractivity contribution in [1.82, 2.24) is 9.97 Å². The van der Waals surface area contributed by atoms with E-state index < -0.39 is 0 Å². The minimum absolute atomic E-state index is 0.0358. The summed E-state index contributed by atoms with van der Waals surface area (Å²) in [5.74, 6) is 0. The molecule has 2 aromatic heterocycles. The number of hydrogen-bond acceptors (Lipinski definition) is 4. The first kappa shape index (κ1) is 11.1. The van der Waals surface area contributed by atoms with Gasteiger partial charge in [0.05, 0.1) is 6.61 Å². The quantitative estimate of drug-likeness (QED) is 0.882. The summed E-state index contributed by atoms with van der Waals surface area (Å²) in [5, 5.41) is 9.95. The summed E-state index contributed by atoms with van der Waals surface area (Å²) in [7, 11) is 0. The van der Waals surface area contributed by atoms with E-state index >= 15 is 0 Å². The first-order valence-corrected chi connectivity index (χ1v) is 5.75. The number of rotatable bonds is 3. The summed E-state index contributed by atoms with van der Waals surface area (Å²) in [5.41, 5.74) is 1.92. The first-order chi connectivity index (χ1) is 7.79. The van der Waals surface area contributed by atoms with Gasteiger partial charge in [-0.1, -0.05) is 11.8 Å². The van der Waals surface area contributed by atoms with E-state index in [4.69, 9.17) is 5.11 Å². The molecule has 0 amide bonds. The van der Waals surface area contributed by atoms with Crippen LogP contribution in [0.25, 0.3) is 0 Å². The van der Waals surface area contributed by atoms with Gasteiger partial charge in [-0.3, -0.25) is 4.98 Å². The normalized spacial score (nSPS) is 10.4. The van der Waals surface area contributed by atoms with Gasteiger partial charge in [-0.2, -0.15) is 0 Å². The lowest BCUT2D eigenvalue weighted by Crippen LogP contribution is -1.90. The molecule has 0 saturated heterocycles. The van der Waals surface area contributed by atoms with E-state index in [1.807, 2.05) is 25.1 Å². The molecule has 0 saturated carbocycles. The molecule has 82 valence electrons. The summed E-state index contributed by atoms with van der Waals surface area (Å²) >= 11 is 1.60. The lowest BCUT2D eigenvalue weighted by atomic mass is 10.2. The van der Waals surface area contributed by atoms with E-state index in [2.05, 4.69) is 9.97 Å². The standard InChI is InChI=1S/C12H12N2OS/c1-9-6-10(8-15)7-14-12(9)16-11-2-4-13-5-3-11/h2-7,15H,8H2,1H3. The predicted octanol–water partition coefficient (Wildman–Crippen LogP) is 2.43. The number of aliphatic hydroxyl groups is 1. The molecule has 3 nitrogen and oxygen atoms in total. The third-order valence-corrected chi connectivity index (χ3v) is 3.26. The topological polar surface area (TPSA) is 46.0 Å². The van der Waals surface area contributed by atoms with Crippen LogP contribution in [-0.2, 0) is 6.61 Å². The van der Waals surface area contributed by atoms with Gasteiger partial charge in [0, 0.05) is 23.5 Å². The number of aromatic nitrogens is 2. The molecule has 4 heteroatoms. The first-order valence-electron chi connectivity index (χ1n) is 4.94. The molecular weight excluding hydrogens is 220 g/mol. The van der Waals surface area contributed by atoms with Crippen LogP contribution < -0.4 is 0 Å². The number of nitrogens with zero attached hydrogens (tertiary/aromatic N) is 2. The highest BCUT2D eigenvalue weighted by Crippen LogP contribution is 2.27. The molecule has 0 unspecified atom stereocenters. The van der Waals surface area contributed by atoms with Gasteiger partial charge in [-0.15, -0.1) is 0 Å². The van der Waals surface area contributed by atoms with Crippen LogP contribution in [0.15, 0.2) is 46.7 Å². The number of aliphatic hydroxyl groups excluding tert-OH is 1. The zero-order valence-electron chi connectivity index (χ0n) is 8.92. The van der Waals surface area contributed by atoms with Crippen LogP contribution in [0.3, 0.4) is 0 Å². The Labute approximate surface area is 98.6 Å². The van der Waals surface area contributed by atoms with Crippen LogP contribution in [0.5, 0.6) is 0 Å². The smallest absolute Gasteiger partial charge is 0.104 e. The molecule has 0 aliphatic rings. The molecule has 0 aromatic carbocycles. The van der Waals surface area contributed by atoms with Crippen molar-refractivity contribution in [3.63, 3.8) is 0 Å². The Kier molecular flexibility index (Phi) is 3.54. The molecule has 0 aliphatic carbocycles. The van der Waals surface area contributed by atoms with Gasteiger partial charge in [0.25, 0.3) is 0 Å². The van der Waals surface area contributed by atoms with Crippen LogP contribution in [0, 0.1) is 6.92 Å². The monoisotopic (exact) mass is 232 g/mol. The fourth-order valence-corrected chi connectivity index (χ4v) is 2.14. The fourth-order valence-electron chi connectivity index (χ4n) is 1.33. The highest BCUT2D eigenvalue weighted by Gasteiger charge is 2.03. The van der Waals surface area contributed by atoms with Crippen molar-refractivity contribution >= 4 is 11.8 Å².